The summed E-state index contributed by atoms with van der Waals surface area (Å²) in [4.78, 5) is 28.3. The molecule has 7 nitrogen and oxygen atoms in total. The molecule has 17 heavy (non-hydrogen) atoms. The third-order valence-corrected chi connectivity index (χ3v) is 2.88. The standard InChI is InChI=1S/C9H19N2O5P/c10-4-2-1-3-7(6-17(14,15)16)5-8(11)9(12)13/h5,8H,1-4,6,10-11H2,(H,12,13)(H2,14,15,16)/b7-5-. The molecule has 7 N–H and O–H groups in total. The van der Waals surface area contributed by atoms with Crippen molar-refractivity contribution in [2.24, 2.45) is 11.5 Å². The van der Waals surface area contributed by atoms with Gasteiger partial charge in [0.05, 0.1) is 6.16 Å². The molecule has 0 heterocycles. The van der Waals surface area contributed by atoms with E-state index in [2.05, 4.69) is 0 Å². The van der Waals surface area contributed by atoms with E-state index in [1.165, 1.54) is 6.08 Å². The fourth-order valence-corrected chi connectivity index (χ4v) is 2.09. The third-order valence-electron chi connectivity index (χ3n) is 2.06. The van der Waals surface area contributed by atoms with Gasteiger partial charge < -0.3 is 26.4 Å². The molecule has 1 unspecified atom stereocenters. The summed E-state index contributed by atoms with van der Waals surface area (Å²) >= 11 is 0. The molecular formula is C9H19N2O5P. The van der Waals surface area contributed by atoms with Crippen molar-refractivity contribution in [3.8, 4) is 0 Å². The highest BCUT2D eigenvalue weighted by atomic mass is 31.2. The zero-order valence-electron chi connectivity index (χ0n) is 9.45. The van der Waals surface area contributed by atoms with Gasteiger partial charge in [0.1, 0.15) is 6.04 Å². The minimum atomic E-state index is -4.20. The average Bonchev–Trinajstić information content (AvgIpc) is 2.15. The molecule has 0 rings (SSSR count). The van der Waals surface area contributed by atoms with Crippen LogP contribution in [0.3, 0.4) is 0 Å². The van der Waals surface area contributed by atoms with Crippen LogP contribution in [-0.2, 0) is 9.36 Å². The summed E-state index contributed by atoms with van der Waals surface area (Å²) in [6.07, 6.45) is 2.48. The molecule has 0 aliphatic carbocycles. The van der Waals surface area contributed by atoms with E-state index in [1.54, 1.807) is 0 Å². The fourth-order valence-electron chi connectivity index (χ4n) is 1.30. The molecule has 0 aromatic carbocycles. The molecule has 0 aliphatic heterocycles. The smallest absolute Gasteiger partial charge is 0.329 e. The number of hydrogen-bond donors (Lipinski definition) is 5. The van der Waals surface area contributed by atoms with Gasteiger partial charge in [0, 0.05) is 0 Å². The second kappa shape index (κ2) is 7.58. The SMILES string of the molecule is NCCCC/C(=C/C(N)C(=O)O)CP(=O)(O)O. The molecule has 0 spiro atoms. The zero-order valence-corrected chi connectivity index (χ0v) is 10.3. The van der Waals surface area contributed by atoms with Crippen LogP contribution in [0, 0.1) is 0 Å². The molecule has 100 valence electrons. The Bertz CT molecular complexity index is 325. The first-order valence-corrected chi connectivity index (χ1v) is 6.98. The second-order valence-corrected chi connectivity index (χ2v) is 5.40. The highest BCUT2D eigenvalue weighted by Crippen LogP contribution is 2.37. The number of rotatable bonds is 8. The third kappa shape index (κ3) is 9.02. The van der Waals surface area contributed by atoms with Gasteiger partial charge in [-0.15, -0.1) is 0 Å². The first kappa shape index (κ1) is 16.3. The van der Waals surface area contributed by atoms with Crippen molar-refractivity contribution >= 4 is 13.6 Å². The van der Waals surface area contributed by atoms with Crippen molar-refractivity contribution in [2.75, 3.05) is 12.7 Å². The Morgan fingerprint density at radius 3 is 2.35 bits per heavy atom. The fraction of sp³-hybridized carbons (Fsp3) is 0.667. The number of nitrogens with two attached hydrogens (primary N) is 2. The van der Waals surface area contributed by atoms with Gasteiger partial charge in [-0.1, -0.05) is 11.6 Å². The molecular weight excluding hydrogens is 247 g/mol. The number of aliphatic carboxylic acids is 1. The second-order valence-electron chi connectivity index (χ2n) is 3.76. The van der Waals surface area contributed by atoms with Gasteiger partial charge in [0.25, 0.3) is 0 Å². The Morgan fingerprint density at radius 1 is 1.35 bits per heavy atom. The lowest BCUT2D eigenvalue weighted by molar-refractivity contribution is -0.137. The van der Waals surface area contributed by atoms with Crippen LogP contribution in [0.25, 0.3) is 0 Å². The number of unbranched alkanes of at least 4 members (excludes halogenated alkanes) is 1. The van der Waals surface area contributed by atoms with Crippen molar-refractivity contribution in [1.29, 1.82) is 0 Å². The normalized spacial score (nSPS) is 14.7. The van der Waals surface area contributed by atoms with E-state index in [1.807, 2.05) is 0 Å². The van der Waals surface area contributed by atoms with Crippen molar-refractivity contribution in [3.05, 3.63) is 11.6 Å². The number of carbonyl (C=O) groups is 1. The molecule has 0 aromatic heterocycles. The maximum Gasteiger partial charge on any atom is 0.329 e. The van der Waals surface area contributed by atoms with E-state index < -0.39 is 25.8 Å². The molecule has 0 saturated heterocycles. The van der Waals surface area contributed by atoms with Gasteiger partial charge in [-0.3, -0.25) is 9.36 Å². The summed E-state index contributed by atoms with van der Waals surface area (Å²) in [6, 6.07) is -1.24. The lowest BCUT2D eigenvalue weighted by Crippen LogP contribution is -2.28. The van der Waals surface area contributed by atoms with Crippen molar-refractivity contribution < 1.29 is 24.3 Å². The van der Waals surface area contributed by atoms with E-state index in [9.17, 15) is 9.36 Å². The van der Waals surface area contributed by atoms with Gasteiger partial charge in [-0.25, -0.2) is 0 Å². The summed E-state index contributed by atoms with van der Waals surface area (Å²) in [5.41, 5.74) is 10.9. The Balaban J connectivity index is 4.60. The Hall–Kier alpha value is -0.720. The van der Waals surface area contributed by atoms with E-state index in [0.29, 0.717) is 31.4 Å². The number of carboxylic acid groups (broad SMARTS) is 1. The summed E-state index contributed by atoms with van der Waals surface area (Å²) in [6.45, 7) is 0.480. The zero-order chi connectivity index (χ0) is 13.5. The van der Waals surface area contributed by atoms with Crippen molar-refractivity contribution in [2.45, 2.75) is 25.3 Å². The first-order valence-electron chi connectivity index (χ1n) is 5.19. The Labute approximate surface area is 99.7 Å². The van der Waals surface area contributed by atoms with Crippen LogP contribution in [0.15, 0.2) is 11.6 Å². The van der Waals surface area contributed by atoms with Gasteiger partial charge in [-0.2, -0.15) is 0 Å². The summed E-state index contributed by atoms with van der Waals surface area (Å²) in [7, 11) is -4.20. The quantitative estimate of drug-likeness (QED) is 0.229. The minimum Gasteiger partial charge on any atom is -0.480 e. The van der Waals surface area contributed by atoms with Crippen LogP contribution in [0.4, 0.5) is 0 Å². The van der Waals surface area contributed by atoms with Crippen molar-refractivity contribution in [3.63, 3.8) is 0 Å². The van der Waals surface area contributed by atoms with E-state index in [4.69, 9.17) is 26.4 Å². The lowest BCUT2D eigenvalue weighted by atomic mass is 10.1. The monoisotopic (exact) mass is 266 g/mol. The van der Waals surface area contributed by atoms with E-state index in [-0.39, 0.29) is 0 Å². The van der Waals surface area contributed by atoms with Gasteiger partial charge in [0.15, 0.2) is 0 Å². The van der Waals surface area contributed by atoms with Crippen LogP contribution < -0.4 is 11.5 Å². The first-order chi connectivity index (χ1) is 7.76. The summed E-state index contributed by atoms with van der Waals surface area (Å²) in [5.74, 6) is -1.23. The maximum absolute atomic E-state index is 10.9. The molecule has 0 aliphatic rings. The number of hydrogen-bond acceptors (Lipinski definition) is 4. The van der Waals surface area contributed by atoms with E-state index in [0.717, 1.165) is 0 Å². The van der Waals surface area contributed by atoms with Crippen LogP contribution >= 0.6 is 7.60 Å². The number of carboxylic acids is 1. The van der Waals surface area contributed by atoms with Gasteiger partial charge in [0.2, 0.25) is 0 Å². The minimum absolute atomic E-state index is 0.363. The lowest BCUT2D eigenvalue weighted by Gasteiger charge is -2.10. The van der Waals surface area contributed by atoms with Crippen LogP contribution in [-0.4, -0.2) is 39.6 Å². The van der Waals surface area contributed by atoms with Gasteiger partial charge >= 0.3 is 13.6 Å². The predicted molar refractivity (Wildman–Crippen MR) is 63.5 cm³/mol. The van der Waals surface area contributed by atoms with Crippen LogP contribution in [0.2, 0.25) is 0 Å². The molecule has 1 atom stereocenters. The highest BCUT2D eigenvalue weighted by Gasteiger charge is 2.18. The number of allylic oxidation sites excluding steroid dienone is 1. The van der Waals surface area contributed by atoms with Crippen molar-refractivity contribution in [1.82, 2.24) is 0 Å². The van der Waals surface area contributed by atoms with Crippen LogP contribution in [0.1, 0.15) is 19.3 Å². The molecule has 0 fully saturated rings. The molecule has 0 aromatic rings. The largest absolute Gasteiger partial charge is 0.480 e. The molecule has 0 saturated carbocycles. The van der Waals surface area contributed by atoms with Crippen LogP contribution in [0.5, 0.6) is 0 Å². The highest BCUT2D eigenvalue weighted by molar-refractivity contribution is 7.52. The molecule has 0 radical (unpaired) electrons. The molecule has 8 heteroatoms. The summed E-state index contributed by atoms with van der Waals surface area (Å²) in [5, 5.41) is 8.62. The Kier molecular flexibility index (Phi) is 7.26. The average molecular weight is 266 g/mol. The Morgan fingerprint density at radius 2 is 1.94 bits per heavy atom. The topological polar surface area (TPSA) is 147 Å². The summed E-state index contributed by atoms with van der Waals surface area (Å²) < 4.78 is 10.9. The van der Waals surface area contributed by atoms with E-state index >= 15 is 0 Å². The van der Waals surface area contributed by atoms with Gasteiger partial charge in [-0.05, 0) is 25.8 Å². The molecule has 0 amide bonds. The molecule has 0 bridgehead atoms. The predicted octanol–water partition coefficient (Wildman–Crippen LogP) is -0.369. The maximum atomic E-state index is 10.9.